The number of phenols is 1. The van der Waals surface area contributed by atoms with Crippen LogP contribution in [-0.4, -0.2) is 5.11 Å². The molecule has 1 heteroatoms. The summed E-state index contributed by atoms with van der Waals surface area (Å²) in [7, 11) is 0. The quantitative estimate of drug-likeness (QED) is 0.681. The van der Waals surface area contributed by atoms with Gasteiger partial charge in [0.15, 0.2) is 0 Å². The maximum atomic E-state index is 9.25. The smallest absolute Gasteiger partial charge is 0.115 e. The molecule has 1 rings (SSSR count). The summed E-state index contributed by atoms with van der Waals surface area (Å²) in [4.78, 5) is 0. The predicted molar refractivity (Wildman–Crippen MR) is 84.1 cm³/mol. The number of allylic oxidation sites excluding steroid dienone is 4. The number of aromatic hydroxyl groups is 1. The SMILES string of the molecule is C=C[C@@](C)(C=Cc1ccc(O)cc1)CCC=C(C)C. The first-order chi connectivity index (χ1) is 8.95. The third-order valence-corrected chi connectivity index (χ3v) is 3.25. The van der Waals surface area contributed by atoms with E-state index in [1.165, 1.54) is 5.57 Å². The van der Waals surface area contributed by atoms with Crippen LogP contribution in [-0.2, 0) is 0 Å². The van der Waals surface area contributed by atoms with Crippen LogP contribution in [0.4, 0.5) is 0 Å². The van der Waals surface area contributed by atoms with Crippen LogP contribution in [0, 0.1) is 5.41 Å². The zero-order chi connectivity index (χ0) is 14.3. The van der Waals surface area contributed by atoms with Gasteiger partial charge in [-0.15, -0.1) is 6.58 Å². The average Bonchev–Trinajstić information content (AvgIpc) is 2.38. The Labute approximate surface area is 117 Å². The highest BCUT2D eigenvalue weighted by atomic mass is 16.3. The maximum Gasteiger partial charge on any atom is 0.115 e. The summed E-state index contributed by atoms with van der Waals surface area (Å²) >= 11 is 0. The van der Waals surface area contributed by atoms with Gasteiger partial charge < -0.3 is 5.11 Å². The van der Waals surface area contributed by atoms with Crippen LogP contribution in [0.3, 0.4) is 0 Å². The van der Waals surface area contributed by atoms with Crippen LogP contribution in [0.5, 0.6) is 5.75 Å². The monoisotopic (exact) mass is 256 g/mol. The van der Waals surface area contributed by atoms with Crippen LogP contribution in [0.1, 0.15) is 39.2 Å². The zero-order valence-electron chi connectivity index (χ0n) is 12.2. The Balaban J connectivity index is 2.71. The molecule has 0 aliphatic rings. The predicted octanol–water partition coefficient (Wildman–Crippen LogP) is 5.34. The number of hydrogen-bond acceptors (Lipinski definition) is 1. The fraction of sp³-hybridized carbons (Fsp3) is 0.333. The molecule has 0 aliphatic heterocycles. The molecule has 0 heterocycles. The number of phenolic OH excluding ortho intramolecular Hbond substituents is 1. The fourth-order valence-corrected chi connectivity index (χ4v) is 1.80. The third-order valence-electron chi connectivity index (χ3n) is 3.25. The Hall–Kier alpha value is -1.76. The first-order valence-corrected chi connectivity index (χ1v) is 6.70. The van der Waals surface area contributed by atoms with Gasteiger partial charge in [0.05, 0.1) is 0 Å². The molecular formula is C18H24O. The van der Waals surface area contributed by atoms with Crippen LogP contribution < -0.4 is 0 Å². The van der Waals surface area contributed by atoms with E-state index in [1.54, 1.807) is 12.1 Å². The van der Waals surface area contributed by atoms with E-state index in [9.17, 15) is 5.11 Å². The Kier molecular flexibility index (Phi) is 5.62. The minimum Gasteiger partial charge on any atom is -0.508 e. The summed E-state index contributed by atoms with van der Waals surface area (Å²) in [6.07, 6.45) is 10.6. The van der Waals surface area contributed by atoms with Crippen molar-refractivity contribution >= 4 is 6.08 Å². The van der Waals surface area contributed by atoms with Gasteiger partial charge in [-0.25, -0.2) is 0 Å². The summed E-state index contributed by atoms with van der Waals surface area (Å²) in [6.45, 7) is 10.4. The summed E-state index contributed by atoms with van der Waals surface area (Å²) < 4.78 is 0. The standard InChI is InChI=1S/C18H24O/c1-5-18(4,13-6-7-15(2)3)14-12-16-8-10-17(19)11-9-16/h5,7-12,14,19H,1,6,13H2,2-4H3/t18-/m1/s1. The van der Waals surface area contributed by atoms with Gasteiger partial charge in [0.1, 0.15) is 5.75 Å². The van der Waals surface area contributed by atoms with E-state index in [0.29, 0.717) is 5.75 Å². The van der Waals surface area contributed by atoms with Gasteiger partial charge in [0.2, 0.25) is 0 Å². The first kappa shape index (κ1) is 15.3. The van der Waals surface area contributed by atoms with Crippen LogP contribution in [0.15, 0.2) is 54.6 Å². The van der Waals surface area contributed by atoms with E-state index in [4.69, 9.17) is 0 Å². The largest absolute Gasteiger partial charge is 0.508 e. The molecule has 1 aromatic carbocycles. The van der Waals surface area contributed by atoms with E-state index < -0.39 is 0 Å². The van der Waals surface area contributed by atoms with Gasteiger partial charge in [-0.1, -0.05) is 48.9 Å². The van der Waals surface area contributed by atoms with E-state index in [1.807, 2.05) is 18.2 Å². The van der Waals surface area contributed by atoms with Crippen molar-refractivity contribution in [3.05, 3.63) is 60.2 Å². The second kappa shape index (κ2) is 6.98. The molecule has 0 aliphatic carbocycles. The lowest BCUT2D eigenvalue weighted by atomic mass is 9.84. The summed E-state index contributed by atoms with van der Waals surface area (Å²) in [5, 5.41) is 9.25. The third kappa shape index (κ3) is 5.60. The molecule has 0 spiro atoms. The Morgan fingerprint density at radius 1 is 1.26 bits per heavy atom. The van der Waals surface area contributed by atoms with Crippen molar-refractivity contribution in [2.45, 2.75) is 33.6 Å². The first-order valence-electron chi connectivity index (χ1n) is 6.70. The molecule has 0 saturated carbocycles. The van der Waals surface area contributed by atoms with E-state index >= 15 is 0 Å². The summed E-state index contributed by atoms with van der Waals surface area (Å²) in [5.74, 6) is 0.298. The van der Waals surface area contributed by atoms with Crippen LogP contribution >= 0.6 is 0 Å². The lowest BCUT2D eigenvalue weighted by Gasteiger charge is -2.20. The minimum absolute atomic E-state index is 0.00381. The van der Waals surface area contributed by atoms with Crippen molar-refractivity contribution in [3.63, 3.8) is 0 Å². The number of benzene rings is 1. The average molecular weight is 256 g/mol. The normalized spacial score (nSPS) is 14.1. The van der Waals surface area contributed by atoms with Gasteiger partial charge in [-0.3, -0.25) is 0 Å². The van der Waals surface area contributed by atoms with Crippen molar-refractivity contribution in [1.82, 2.24) is 0 Å². The molecule has 0 saturated heterocycles. The molecule has 0 unspecified atom stereocenters. The molecule has 0 fully saturated rings. The van der Waals surface area contributed by atoms with Crippen molar-refractivity contribution in [2.24, 2.45) is 5.41 Å². The minimum atomic E-state index is 0.00381. The number of rotatable bonds is 6. The summed E-state index contributed by atoms with van der Waals surface area (Å²) in [6, 6.07) is 7.22. The van der Waals surface area contributed by atoms with Gasteiger partial charge in [-0.2, -0.15) is 0 Å². The second-order valence-corrected chi connectivity index (χ2v) is 5.45. The molecule has 1 aromatic rings. The van der Waals surface area contributed by atoms with Crippen molar-refractivity contribution < 1.29 is 5.11 Å². The second-order valence-electron chi connectivity index (χ2n) is 5.45. The van der Waals surface area contributed by atoms with Gasteiger partial charge in [0.25, 0.3) is 0 Å². The topological polar surface area (TPSA) is 20.2 Å². The highest BCUT2D eigenvalue weighted by Crippen LogP contribution is 2.28. The van der Waals surface area contributed by atoms with Gasteiger partial charge in [0, 0.05) is 5.41 Å². The lowest BCUT2D eigenvalue weighted by molar-refractivity contribution is 0.475. The Bertz CT molecular complexity index is 461. The zero-order valence-corrected chi connectivity index (χ0v) is 12.2. The maximum absolute atomic E-state index is 9.25. The Morgan fingerprint density at radius 3 is 2.42 bits per heavy atom. The fourth-order valence-electron chi connectivity index (χ4n) is 1.80. The molecule has 19 heavy (non-hydrogen) atoms. The molecule has 0 radical (unpaired) electrons. The highest BCUT2D eigenvalue weighted by molar-refractivity contribution is 5.51. The number of hydrogen-bond donors (Lipinski definition) is 1. The Morgan fingerprint density at radius 2 is 1.89 bits per heavy atom. The summed E-state index contributed by atoms with van der Waals surface area (Å²) in [5.41, 5.74) is 2.45. The van der Waals surface area contributed by atoms with Crippen LogP contribution in [0.25, 0.3) is 6.08 Å². The van der Waals surface area contributed by atoms with Crippen molar-refractivity contribution in [3.8, 4) is 5.75 Å². The van der Waals surface area contributed by atoms with Crippen molar-refractivity contribution in [2.75, 3.05) is 0 Å². The molecule has 102 valence electrons. The van der Waals surface area contributed by atoms with E-state index in [-0.39, 0.29) is 5.41 Å². The molecule has 1 N–H and O–H groups in total. The van der Waals surface area contributed by atoms with Crippen molar-refractivity contribution in [1.29, 1.82) is 0 Å². The molecule has 0 amide bonds. The van der Waals surface area contributed by atoms with Crippen LogP contribution in [0.2, 0.25) is 0 Å². The highest BCUT2D eigenvalue weighted by Gasteiger charge is 2.14. The molecule has 0 aromatic heterocycles. The molecular weight excluding hydrogens is 232 g/mol. The lowest BCUT2D eigenvalue weighted by Crippen LogP contribution is -2.08. The van der Waals surface area contributed by atoms with Gasteiger partial charge in [-0.05, 0) is 44.4 Å². The molecule has 0 bridgehead atoms. The molecule has 1 nitrogen and oxygen atoms in total. The van der Waals surface area contributed by atoms with E-state index in [2.05, 4.69) is 45.6 Å². The van der Waals surface area contributed by atoms with Gasteiger partial charge >= 0.3 is 0 Å². The van der Waals surface area contributed by atoms with E-state index in [0.717, 1.165) is 18.4 Å². The molecule has 1 atom stereocenters.